The lowest BCUT2D eigenvalue weighted by Crippen LogP contribution is -2.36. The monoisotopic (exact) mass is 303 g/mol. The molecule has 1 saturated heterocycles. The van der Waals surface area contributed by atoms with E-state index in [0.717, 1.165) is 0 Å². The van der Waals surface area contributed by atoms with Gasteiger partial charge in [-0.15, -0.1) is 0 Å². The Balaban J connectivity index is 2.36. The standard InChI is InChI=1S/C11H14ClN3O3S/c1-7-13-9(12)8(5-16)10(14-7)15-11(2)3-4-19(17,18)6-11/h5H,3-4,6H2,1-2H3,(H,13,14,15). The van der Waals surface area contributed by atoms with Crippen LogP contribution >= 0.6 is 11.6 Å². The maximum absolute atomic E-state index is 11.6. The van der Waals surface area contributed by atoms with Gasteiger partial charge in [0.15, 0.2) is 16.1 Å². The van der Waals surface area contributed by atoms with Gasteiger partial charge in [-0.1, -0.05) is 11.6 Å². The Hall–Kier alpha value is -1.21. The molecule has 1 aromatic rings. The Morgan fingerprint density at radius 1 is 1.42 bits per heavy atom. The van der Waals surface area contributed by atoms with Gasteiger partial charge in [0.25, 0.3) is 0 Å². The summed E-state index contributed by atoms with van der Waals surface area (Å²) in [6, 6.07) is 0. The Morgan fingerprint density at radius 3 is 2.63 bits per heavy atom. The number of sulfone groups is 1. The zero-order chi connectivity index (χ0) is 14.3. The lowest BCUT2D eigenvalue weighted by molar-refractivity contribution is 0.112. The van der Waals surface area contributed by atoms with Crippen molar-refractivity contribution in [2.24, 2.45) is 0 Å². The minimum Gasteiger partial charge on any atom is -0.363 e. The van der Waals surface area contributed by atoms with Crippen molar-refractivity contribution in [1.29, 1.82) is 0 Å². The summed E-state index contributed by atoms with van der Waals surface area (Å²) in [5, 5.41) is 3.09. The predicted molar refractivity (Wildman–Crippen MR) is 72.5 cm³/mol. The summed E-state index contributed by atoms with van der Waals surface area (Å²) in [7, 11) is -3.04. The first-order chi connectivity index (χ1) is 8.75. The fourth-order valence-corrected chi connectivity index (χ4v) is 4.49. The molecular weight excluding hydrogens is 290 g/mol. The second kappa shape index (κ2) is 4.72. The summed E-state index contributed by atoms with van der Waals surface area (Å²) >= 11 is 5.88. The van der Waals surface area contributed by atoms with Gasteiger partial charge in [0.2, 0.25) is 0 Å². The predicted octanol–water partition coefficient (Wildman–Crippen LogP) is 1.24. The van der Waals surface area contributed by atoms with Crippen molar-refractivity contribution in [2.45, 2.75) is 25.8 Å². The van der Waals surface area contributed by atoms with Crippen LogP contribution < -0.4 is 5.32 Å². The lowest BCUT2D eigenvalue weighted by atomic mass is 10.0. The van der Waals surface area contributed by atoms with E-state index < -0.39 is 15.4 Å². The number of aldehydes is 1. The van der Waals surface area contributed by atoms with Gasteiger partial charge in [-0.05, 0) is 20.3 Å². The van der Waals surface area contributed by atoms with Crippen molar-refractivity contribution in [3.05, 3.63) is 16.5 Å². The molecule has 0 saturated carbocycles. The highest BCUT2D eigenvalue weighted by molar-refractivity contribution is 7.91. The van der Waals surface area contributed by atoms with Crippen LogP contribution in [0.5, 0.6) is 0 Å². The number of anilines is 1. The van der Waals surface area contributed by atoms with Gasteiger partial charge in [-0.25, -0.2) is 18.4 Å². The molecule has 19 heavy (non-hydrogen) atoms. The maximum Gasteiger partial charge on any atom is 0.156 e. The molecule has 1 unspecified atom stereocenters. The number of nitrogens with zero attached hydrogens (tertiary/aromatic N) is 2. The molecule has 1 aromatic heterocycles. The van der Waals surface area contributed by atoms with Crippen molar-refractivity contribution in [1.82, 2.24) is 9.97 Å². The number of nitrogens with one attached hydrogen (secondary N) is 1. The van der Waals surface area contributed by atoms with Crippen molar-refractivity contribution in [3.63, 3.8) is 0 Å². The third-order valence-electron chi connectivity index (χ3n) is 3.05. The highest BCUT2D eigenvalue weighted by atomic mass is 35.5. The normalized spacial score (nSPS) is 25.2. The molecule has 0 aromatic carbocycles. The first-order valence-electron chi connectivity index (χ1n) is 5.73. The van der Waals surface area contributed by atoms with Crippen molar-refractivity contribution >= 4 is 33.5 Å². The summed E-state index contributed by atoms with van der Waals surface area (Å²) in [6.45, 7) is 3.44. The largest absolute Gasteiger partial charge is 0.363 e. The van der Waals surface area contributed by atoms with Crippen molar-refractivity contribution in [2.75, 3.05) is 16.8 Å². The molecular formula is C11H14ClN3O3S. The van der Waals surface area contributed by atoms with E-state index in [9.17, 15) is 13.2 Å². The van der Waals surface area contributed by atoms with Crippen molar-refractivity contribution in [3.8, 4) is 0 Å². The molecule has 8 heteroatoms. The molecule has 0 amide bonds. The Morgan fingerprint density at radius 2 is 2.11 bits per heavy atom. The van der Waals surface area contributed by atoms with Crippen LogP contribution in [0.4, 0.5) is 5.82 Å². The van der Waals surface area contributed by atoms with E-state index in [-0.39, 0.29) is 28.0 Å². The topological polar surface area (TPSA) is 89.0 Å². The van der Waals surface area contributed by atoms with Crippen LogP contribution in [-0.2, 0) is 9.84 Å². The quantitative estimate of drug-likeness (QED) is 0.667. The van der Waals surface area contributed by atoms with Gasteiger partial charge in [-0.3, -0.25) is 4.79 Å². The van der Waals surface area contributed by atoms with Crippen molar-refractivity contribution < 1.29 is 13.2 Å². The number of aromatic nitrogens is 2. The number of rotatable bonds is 3. The second-order valence-electron chi connectivity index (χ2n) is 4.97. The van der Waals surface area contributed by atoms with Crippen LogP contribution in [0.1, 0.15) is 29.5 Å². The molecule has 0 spiro atoms. The Bertz CT molecular complexity index is 632. The molecule has 2 rings (SSSR count). The molecule has 1 atom stereocenters. The molecule has 1 fully saturated rings. The van der Waals surface area contributed by atoms with E-state index in [4.69, 9.17) is 11.6 Å². The Labute approximate surface area is 116 Å². The molecule has 0 radical (unpaired) electrons. The lowest BCUT2D eigenvalue weighted by Gasteiger charge is -2.25. The zero-order valence-electron chi connectivity index (χ0n) is 10.6. The van der Waals surface area contributed by atoms with Crippen LogP contribution in [0.3, 0.4) is 0 Å². The van der Waals surface area contributed by atoms with E-state index in [1.54, 1.807) is 13.8 Å². The van der Waals surface area contributed by atoms with Crippen LogP contribution in [0.15, 0.2) is 0 Å². The van der Waals surface area contributed by atoms with Crippen LogP contribution in [0, 0.1) is 6.92 Å². The molecule has 1 aliphatic heterocycles. The number of hydrogen-bond donors (Lipinski definition) is 1. The fourth-order valence-electron chi connectivity index (χ4n) is 2.14. The van der Waals surface area contributed by atoms with Gasteiger partial charge in [0.1, 0.15) is 16.8 Å². The third kappa shape index (κ3) is 3.03. The van der Waals surface area contributed by atoms with Gasteiger partial charge >= 0.3 is 0 Å². The van der Waals surface area contributed by atoms with Gasteiger partial charge in [-0.2, -0.15) is 0 Å². The SMILES string of the molecule is Cc1nc(Cl)c(C=O)c(NC2(C)CCS(=O)(=O)C2)n1. The minimum absolute atomic E-state index is 0.0129. The average Bonchev–Trinajstić information content (AvgIpc) is 2.52. The number of halogens is 1. The van der Waals surface area contributed by atoms with Gasteiger partial charge in [0, 0.05) is 0 Å². The highest BCUT2D eigenvalue weighted by Gasteiger charge is 2.39. The van der Waals surface area contributed by atoms with Crippen LogP contribution in [0.2, 0.25) is 5.15 Å². The summed E-state index contributed by atoms with van der Waals surface area (Å²) in [5.41, 5.74) is -0.487. The molecule has 1 aliphatic rings. The van der Waals surface area contributed by atoms with E-state index in [1.165, 1.54) is 0 Å². The summed E-state index contributed by atoms with van der Waals surface area (Å²) in [5.74, 6) is 0.846. The third-order valence-corrected chi connectivity index (χ3v) is 5.24. The van der Waals surface area contributed by atoms with Gasteiger partial charge in [0.05, 0.1) is 22.6 Å². The van der Waals surface area contributed by atoms with E-state index in [2.05, 4.69) is 15.3 Å². The molecule has 0 aliphatic carbocycles. The van der Waals surface area contributed by atoms with Gasteiger partial charge < -0.3 is 5.32 Å². The minimum atomic E-state index is -3.04. The second-order valence-corrected chi connectivity index (χ2v) is 7.51. The summed E-state index contributed by atoms with van der Waals surface area (Å²) in [6.07, 6.45) is 1.03. The Kier molecular flexibility index (Phi) is 3.53. The van der Waals surface area contributed by atoms with E-state index in [0.29, 0.717) is 18.5 Å². The highest BCUT2D eigenvalue weighted by Crippen LogP contribution is 2.29. The van der Waals surface area contributed by atoms with E-state index >= 15 is 0 Å². The molecule has 6 nitrogen and oxygen atoms in total. The fraction of sp³-hybridized carbons (Fsp3) is 0.545. The summed E-state index contributed by atoms with van der Waals surface area (Å²) < 4.78 is 23.1. The first kappa shape index (κ1) is 14.2. The number of hydrogen-bond acceptors (Lipinski definition) is 6. The smallest absolute Gasteiger partial charge is 0.156 e. The molecule has 104 valence electrons. The molecule has 0 bridgehead atoms. The average molecular weight is 304 g/mol. The first-order valence-corrected chi connectivity index (χ1v) is 7.92. The number of carbonyl (C=O) groups is 1. The van der Waals surface area contributed by atoms with Crippen LogP contribution in [-0.4, -0.2) is 41.7 Å². The number of aryl methyl sites for hydroxylation is 1. The zero-order valence-corrected chi connectivity index (χ0v) is 12.2. The maximum atomic E-state index is 11.6. The summed E-state index contributed by atoms with van der Waals surface area (Å²) in [4.78, 5) is 19.1. The van der Waals surface area contributed by atoms with E-state index in [1.807, 2.05) is 0 Å². The van der Waals surface area contributed by atoms with Crippen LogP contribution in [0.25, 0.3) is 0 Å². The molecule has 1 N–H and O–H groups in total. The molecule has 2 heterocycles. The number of carbonyl (C=O) groups excluding carboxylic acids is 1.